The minimum absolute atomic E-state index is 0.651. The van der Waals surface area contributed by atoms with Gasteiger partial charge in [-0.05, 0) is 128 Å². The van der Waals surface area contributed by atoms with Crippen LogP contribution in [0.15, 0.2) is 218 Å². The summed E-state index contributed by atoms with van der Waals surface area (Å²) in [5, 5.41) is 2.52. The van der Waals surface area contributed by atoms with Crippen LogP contribution in [0.1, 0.15) is 27.8 Å². The van der Waals surface area contributed by atoms with Gasteiger partial charge in [0.1, 0.15) is 0 Å². The third kappa shape index (κ3) is 5.24. The van der Waals surface area contributed by atoms with Crippen LogP contribution in [0.3, 0.4) is 0 Å². The van der Waals surface area contributed by atoms with Crippen molar-refractivity contribution in [1.29, 1.82) is 0 Å². The van der Waals surface area contributed by atoms with Gasteiger partial charge in [0, 0.05) is 16.5 Å². The lowest BCUT2D eigenvalue weighted by molar-refractivity contribution is 0.769. The van der Waals surface area contributed by atoms with Crippen molar-refractivity contribution < 1.29 is 0 Å². The molecule has 1 aromatic heterocycles. The van der Waals surface area contributed by atoms with Crippen molar-refractivity contribution in [2.45, 2.75) is 12.3 Å². The predicted octanol–water partition coefficient (Wildman–Crippen LogP) is 14.5. The molecule has 1 unspecified atom stereocenters. The first-order chi connectivity index (χ1) is 28.2. The largest absolute Gasteiger partial charge is 0.309 e. The molecule has 1 aliphatic rings. The molecule has 1 heterocycles. The zero-order chi connectivity index (χ0) is 37.9. The lowest BCUT2D eigenvalue weighted by Crippen LogP contribution is -2.29. The summed E-state index contributed by atoms with van der Waals surface area (Å²) in [4.78, 5) is 0. The fraction of sp³-hybridized carbons (Fsp3) is 0.0357. The number of fused-ring (bicyclic) bond motifs is 6. The first-order valence-corrected chi connectivity index (χ1v) is 19.8. The van der Waals surface area contributed by atoms with Crippen LogP contribution < -0.4 is 0 Å². The number of rotatable bonds is 6. The molecule has 1 heteroatoms. The van der Waals surface area contributed by atoms with Gasteiger partial charge in [-0.25, -0.2) is 0 Å². The zero-order valence-electron chi connectivity index (χ0n) is 31.7. The van der Waals surface area contributed by atoms with Gasteiger partial charge >= 0.3 is 0 Å². The zero-order valence-corrected chi connectivity index (χ0v) is 31.7. The number of aryl methyl sites for hydroxylation is 1. The summed E-state index contributed by atoms with van der Waals surface area (Å²) in [7, 11) is 0. The summed E-state index contributed by atoms with van der Waals surface area (Å²) in [5.41, 5.74) is 19.1. The standard InChI is InChI=1S/C56H39N/c1-38-30-42(39-18-6-2-7-19-39)33-45(31-38)56(46-34-43(40-20-8-3-9-21-40)32-44(35-46)41-22-10-4-11-23-41)52-28-16-14-26-48(52)50-36-51-49-27-15-17-29-54(49)57(55(51)37-53(50)56)47-24-12-5-13-25-47/h2-37H,1H3. The Labute approximate surface area is 333 Å². The molecular weight excluding hydrogens is 687 g/mol. The number of hydrogen-bond donors (Lipinski definition) is 0. The van der Waals surface area contributed by atoms with E-state index in [0.29, 0.717) is 0 Å². The summed E-state index contributed by atoms with van der Waals surface area (Å²) in [6.07, 6.45) is 0. The maximum absolute atomic E-state index is 2.53. The molecule has 0 N–H and O–H groups in total. The highest BCUT2D eigenvalue weighted by molar-refractivity contribution is 6.12. The van der Waals surface area contributed by atoms with Crippen molar-refractivity contribution in [3.8, 4) is 50.2 Å². The van der Waals surface area contributed by atoms with E-state index in [9.17, 15) is 0 Å². The molecule has 0 saturated heterocycles. The Bertz CT molecular complexity index is 3050. The van der Waals surface area contributed by atoms with Gasteiger partial charge in [-0.15, -0.1) is 0 Å². The number of para-hydroxylation sites is 2. The van der Waals surface area contributed by atoms with Crippen molar-refractivity contribution in [3.63, 3.8) is 0 Å². The number of aromatic nitrogens is 1. The van der Waals surface area contributed by atoms with E-state index in [1.807, 2.05) is 0 Å². The molecule has 1 aliphatic carbocycles. The molecule has 0 saturated carbocycles. The number of benzene rings is 9. The summed E-state index contributed by atoms with van der Waals surface area (Å²) in [6, 6.07) is 81.0. The third-order valence-corrected chi connectivity index (χ3v) is 12.0. The van der Waals surface area contributed by atoms with E-state index in [4.69, 9.17) is 0 Å². The minimum atomic E-state index is -0.651. The van der Waals surface area contributed by atoms with Crippen molar-refractivity contribution in [3.05, 3.63) is 246 Å². The van der Waals surface area contributed by atoms with Crippen molar-refractivity contribution in [2.75, 3.05) is 0 Å². The summed E-state index contributed by atoms with van der Waals surface area (Å²) in [6.45, 7) is 2.25. The lowest BCUT2D eigenvalue weighted by atomic mass is 9.66. The van der Waals surface area contributed by atoms with Crippen LogP contribution in [0.2, 0.25) is 0 Å². The van der Waals surface area contributed by atoms with Gasteiger partial charge < -0.3 is 4.57 Å². The fourth-order valence-corrected chi connectivity index (χ4v) is 9.62. The summed E-state index contributed by atoms with van der Waals surface area (Å²) >= 11 is 0. The highest BCUT2D eigenvalue weighted by Gasteiger charge is 2.47. The van der Waals surface area contributed by atoms with Gasteiger partial charge in [0.05, 0.1) is 16.4 Å². The van der Waals surface area contributed by atoms with Gasteiger partial charge in [-0.1, -0.05) is 169 Å². The molecule has 1 atom stereocenters. The van der Waals surface area contributed by atoms with Crippen LogP contribution in [-0.2, 0) is 5.41 Å². The molecule has 0 aliphatic heterocycles. The lowest BCUT2D eigenvalue weighted by Gasteiger charge is -2.35. The van der Waals surface area contributed by atoms with Crippen LogP contribution in [0.25, 0.3) is 72.0 Å². The van der Waals surface area contributed by atoms with Gasteiger partial charge in [0.25, 0.3) is 0 Å². The van der Waals surface area contributed by atoms with Crippen LogP contribution in [0.5, 0.6) is 0 Å². The smallest absolute Gasteiger partial charge is 0.0715 e. The monoisotopic (exact) mass is 725 g/mol. The Morgan fingerprint density at radius 1 is 0.333 bits per heavy atom. The van der Waals surface area contributed by atoms with Gasteiger partial charge in [-0.3, -0.25) is 0 Å². The average Bonchev–Trinajstić information content (AvgIpc) is 3.76. The molecule has 10 aromatic rings. The molecule has 0 bridgehead atoms. The topological polar surface area (TPSA) is 4.93 Å². The van der Waals surface area contributed by atoms with E-state index in [2.05, 4.69) is 230 Å². The molecule has 9 aromatic carbocycles. The molecule has 0 spiro atoms. The Morgan fingerprint density at radius 2 is 0.842 bits per heavy atom. The highest BCUT2D eigenvalue weighted by Crippen LogP contribution is 2.58. The quantitative estimate of drug-likeness (QED) is 0.161. The Hall–Kier alpha value is -7.22. The average molecular weight is 726 g/mol. The van der Waals surface area contributed by atoms with Crippen molar-refractivity contribution in [1.82, 2.24) is 4.57 Å². The number of hydrogen-bond acceptors (Lipinski definition) is 0. The first-order valence-electron chi connectivity index (χ1n) is 19.8. The van der Waals surface area contributed by atoms with Crippen molar-refractivity contribution >= 4 is 21.8 Å². The number of nitrogens with zero attached hydrogens (tertiary/aromatic N) is 1. The third-order valence-electron chi connectivity index (χ3n) is 12.0. The fourth-order valence-electron chi connectivity index (χ4n) is 9.62. The second kappa shape index (κ2) is 13.2. The Balaban J connectivity index is 1.32. The second-order valence-electron chi connectivity index (χ2n) is 15.4. The normalized spacial score (nSPS) is 14.5. The maximum Gasteiger partial charge on any atom is 0.0715 e. The molecular formula is C56H39N. The molecule has 1 nitrogen and oxygen atoms in total. The van der Waals surface area contributed by atoms with Crippen molar-refractivity contribution in [2.24, 2.45) is 0 Å². The van der Waals surface area contributed by atoms with E-state index in [-0.39, 0.29) is 0 Å². The van der Waals surface area contributed by atoms with Crippen LogP contribution in [-0.4, -0.2) is 4.57 Å². The minimum Gasteiger partial charge on any atom is -0.309 e. The SMILES string of the molecule is Cc1cc(-c2ccccc2)cc(C2(c3cc(-c4ccccc4)cc(-c4ccccc4)c3)c3ccccc3-c3cc4c5ccccc5n(-c5ccccc5)c4cc32)c1. The molecule has 0 radical (unpaired) electrons. The Kier molecular flexibility index (Phi) is 7.69. The van der Waals surface area contributed by atoms with E-state index in [1.165, 1.54) is 94.1 Å². The summed E-state index contributed by atoms with van der Waals surface area (Å²) in [5.74, 6) is 0. The highest BCUT2D eigenvalue weighted by atomic mass is 15.0. The first kappa shape index (κ1) is 33.1. The maximum atomic E-state index is 2.53. The van der Waals surface area contributed by atoms with Crippen LogP contribution >= 0.6 is 0 Å². The van der Waals surface area contributed by atoms with E-state index >= 15 is 0 Å². The molecule has 0 amide bonds. The van der Waals surface area contributed by atoms with Gasteiger partial charge in [0.15, 0.2) is 0 Å². The molecule has 11 rings (SSSR count). The molecule has 0 fully saturated rings. The summed E-state index contributed by atoms with van der Waals surface area (Å²) < 4.78 is 2.46. The van der Waals surface area contributed by atoms with Crippen LogP contribution in [0.4, 0.5) is 0 Å². The van der Waals surface area contributed by atoms with E-state index in [1.54, 1.807) is 0 Å². The van der Waals surface area contributed by atoms with Crippen LogP contribution in [0, 0.1) is 6.92 Å². The Morgan fingerprint density at radius 3 is 1.47 bits per heavy atom. The predicted molar refractivity (Wildman–Crippen MR) is 239 cm³/mol. The molecule has 57 heavy (non-hydrogen) atoms. The molecule has 268 valence electrons. The van der Waals surface area contributed by atoms with Gasteiger partial charge in [-0.2, -0.15) is 0 Å². The second-order valence-corrected chi connectivity index (χ2v) is 15.4. The van der Waals surface area contributed by atoms with E-state index < -0.39 is 5.41 Å². The van der Waals surface area contributed by atoms with E-state index in [0.717, 1.165) is 5.69 Å². The van der Waals surface area contributed by atoms with Gasteiger partial charge in [0.2, 0.25) is 0 Å².